The lowest BCUT2D eigenvalue weighted by Gasteiger charge is -2.18. The molecule has 2 rings (SSSR count). The molecule has 1 saturated heterocycles. The van der Waals surface area contributed by atoms with Gasteiger partial charge >= 0.3 is 0 Å². The number of hydrogen-bond acceptors (Lipinski definition) is 3. The molecule has 0 bridgehead atoms. The fourth-order valence-electron chi connectivity index (χ4n) is 2.54. The monoisotopic (exact) mass is 313 g/mol. The third-order valence-electron chi connectivity index (χ3n) is 3.41. The van der Waals surface area contributed by atoms with Gasteiger partial charge in [-0.3, -0.25) is 4.90 Å². The Labute approximate surface area is 117 Å². The van der Waals surface area contributed by atoms with E-state index in [0.717, 1.165) is 36.5 Å². The van der Waals surface area contributed by atoms with Crippen LogP contribution in [0.3, 0.4) is 0 Å². The maximum Gasteiger partial charge on any atom is 0.123 e. The second kappa shape index (κ2) is 6.55. The molecule has 1 heterocycles. The molecule has 4 heteroatoms. The average molecular weight is 314 g/mol. The smallest absolute Gasteiger partial charge is 0.123 e. The lowest BCUT2D eigenvalue weighted by Crippen LogP contribution is -2.21. The number of hydrogen-bond donors (Lipinski definition) is 0. The minimum absolute atomic E-state index is 0.674. The Morgan fingerprint density at radius 1 is 1.39 bits per heavy atom. The van der Waals surface area contributed by atoms with Gasteiger partial charge in [0, 0.05) is 30.2 Å². The first kappa shape index (κ1) is 13.8. The topological polar surface area (TPSA) is 21.7 Å². The van der Waals surface area contributed by atoms with Crippen LogP contribution < -0.4 is 4.74 Å². The minimum atomic E-state index is 0.674. The Hall–Kier alpha value is -0.580. The van der Waals surface area contributed by atoms with Gasteiger partial charge in [0.1, 0.15) is 5.75 Å². The second-order valence-corrected chi connectivity index (χ2v) is 5.72. The van der Waals surface area contributed by atoms with Gasteiger partial charge in [0.05, 0.1) is 13.7 Å². The highest BCUT2D eigenvalue weighted by Crippen LogP contribution is 2.26. The molecule has 18 heavy (non-hydrogen) atoms. The number of nitrogens with zero attached hydrogens (tertiary/aromatic N) is 1. The molecule has 1 aromatic rings. The zero-order valence-electron chi connectivity index (χ0n) is 11.0. The molecular formula is C14H20BrNO2. The largest absolute Gasteiger partial charge is 0.496 e. The van der Waals surface area contributed by atoms with Crippen LogP contribution in [0.4, 0.5) is 0 Å². The highest BCUT2D eigenvalue weighted by atomic mass is 79.9. The van der Waals surface area contributed by atoms with Crippen molar-refractivity contribution < 1.29 is 9.47 Å². The highest BCUT2D eigenvalue weighted by molar-refractivity contribution is 9.10. The zero-order chi connectivity index (χ0) is 13.0. The second-order valence-electron chi connectivity index (χ2n) is 4.80. The van der Waals surface area contributed by atoms with E-state index >= 15 is 0 Å². The molecule has 0 amide bonds. The van der Waals surface area contributed by atoms with E-state index in [9.17, 15) is 0 Å². The van der Waals surface area contributed by atoms with Crippen molar-refractivity contribution in [1.29, 1.82) is 0 Å². The van der Waals surface area contributed by atoms with Crippen molar-refractivity contribution in [3.8, 4) is 5.75 Å². The maximum atomic E-state index is 5.41. The van der Waals surface area contributed by atoms with Crippen LogP contribution >= 0.6 is 15.9 Å². The van der Waals surface area contributed by atoms with Gasteiger partial charge in [-0.05, 0) is 37.1 Å². The summed E-state index contributed by atoms with van der Waals surface area (Å²) < 4.78 is 11.7. The van der Waals surface area contributed by atoms with Crippen molar-refractivity contribution >= 4 is 15.9 Å². The molecule has 0 aromatic heterocycles. The standard InChI is InChI=1S/C14H20BrNO2/c1-17-10-11-5-6-16(8-11)9-12-7-13(15)3-4-14(12)18-2/h3-4,7,11H,5-6,8-10H2,1-2H3. The molecule has 0 N–H and O–H groups in total. The van der Waals surface area contributed by atoms with E-state index in [-0.39, 0.29) is 0 Å². The molecule has 1 unspecified atom stereocenters. The van der Waals surface area contributed by atoms with Crippen molar-refractivity contribution in [1.82, 2.24) is 4.90 Å². The van der Waals surface area contributed by atoms with Crippen molar-refractivity contribution in [2.24, 2.45) is 5.92 Å². The normalized spacial score (nSPS) is 20.3. The number of benzene rings is 1. The Kier molecular flexibility index (Phi) is 5.03. The van der Waals surface area contributed by atoms with Gasteiger partial charge in [0.15, 0.2) is 0 Å². The summed E-state index contributed by atoms with van der Waals surface area (Å²) in [4.78, 5) is 2.47. The van der Waals surface area contributed by atoms with E-state index in [0.29, 0.717) is 5.92 Å². The van der Waals surface area contributed by atoms with Crippen molar-refractivity contribution in [3.63, 3.8) is 0 Å². The summed E-state index contributed by atoms with van der Waals surface area (Å²) in [7, 11) is 3.50. The molecule has 100 valence electrons. The summed E-state index contributed by atoms with van der Waals surface area (Å²) in [6.45, 7) is 4.07. The number of rotatable bonds is 5. The molecule has 0 radical (unpaired) electrons. The number of methoxy groups -OCH3 is 2. The van der Waals surface area contributed by atoms with E-state index in [1.807, 2.05) is 12.1 Å². The van der Waals surface area contributed by atoms with Crippen LogP contribution in [-0.4, -0.2) is 38.8 Å². The zero-order valence-corrected chi connectivity index (χ0v) is 12.6. The van der Waals surface area contributed by atoms with Gasteiger partial charge in [0.2, 0.25) is 0 Å². The van der Waals surface area contributed by atoms with Crippen LogP contribution in [0.2, 0.25) is 0 Å². The lowest BCUT2D eigenvalue weighted by atomic mass is 10.1. The summed E-state index contributed by atoms with van der Waals surface area (Å²) in [5.41, 5.74) is 1.24. The van der Waals surface area contributed by atoms with Gasteiger partial charge in [-0.15, -0.1) is 0 Å². The van der Waals surface area contributed by atoms with Gasteiger partial charge in [-0.1, -0.05) is 15.9 Å². The van der Waals surface area contributed by atoms with E-state index in [1.54, 1.807) is 14.2 Å². The Balaban J connectivity index is 1.99. The fraction of sp³-hybridized carbons (Fsp3) is 0.571. The van der Waals surface area contributed by atoms with E-state index in [1.165, 1.54) is 12.0 Å². The van der Waals surface area contributed by atoms with Crippen LogP contribution in [0.5, 0.6) is 5.75 Å². The van der Waals surface area contributed by atoms with Gasteiger partial charge in [0.25, 0.3) is 0 Å². The van der Waals surface area contributed by atoms with Crippen molar-refractivity contribution in [2.45, 2.75) is 13.0 Å². The molecule has 1 atom stereocenters. The first-order chi connectivity index (χ1) is 8.72. The lowest BCUT2D eigenvalue weighted by molar-refractivity contribution is 0.152. The van der Waals surface area contributed by atoms with Gasteiger partial charge < -0.3 is 9.47 Å². The third-order valence-corrected chi connectivity index (χ3v) is 3.90. The number of ether oxygens (including phenoxy) is 2. The molecule has 0 spiro atoms. The molecule has 1 aliphatic heterocycles. The Morgan fingerprint density at radius 2 is 2.22 bits per heavy atom. The minimum Gasteiger partial charge on any atom is -0.496 e. The summed E-state index contributed by atoms with van der Waals surface area (Å²) in [5.74, 6) is 1.64. The van der Waals surface area contributed by atoms with Crippen LogP contribution in [0, 0.1) is 5.92 Å². The van der Waals surface area contributed by atoms with E-state index < -0.39 is 0 Å². The fourth-order valence-corrected chi connectivity index (χ4v) is 2.95. The average Bonchev–Trinajstić information content (AvgIpc) is 2.77. The predicted octanol–water partition coefficient (Wildman–Crippen LogP) is 2.93. The van der Waals surface area contributed by atoms with Crippen LogP contribution in [-0.2, 0) is 11.3 Å². The molecule has 1 aliphatic rings. The van der Waals surface area contributed by atoms with Crippen LogP contribution in [0.25, 0.3) is 0 Å². The molecule has 3 nitrogen and oxygen atoms in total. The molecule has 0 aliphatic carbocycles. The first-order valence-electron chi connectivity index (χ1n) is 6.26. The third kappa shape index (κ3) is 3.46. The van der Waals surface area contributed by atoms with E-state index in [4.69, 9.17) is 9.47 Å². The Morgan fingerprint density at radius 3 is 2.94 bits per heavy atom. The van der Waals surface area contributed by atoms with Crippen molar-refractivity contribution in [2.75, 3.05) is 33.9 Å². The van der Waals surface area contributed by atoms with E-state index in [2.05, 4.69) is 26.9 Å². The number of halogens is 1. The van der Waals surface area contributed by atoms with Crippen LogP contribution in [0.1, 0.15) is 12.0 Å². The molecule has 1 fully saturated rings. The van der Waals surface area contributed by atoms with Crippen LogP contribution in [0.15, 0.2) is 22.7 Å². The van der Waals surface area contributed by atoms with Gasteiger partial charge in [-0.2, -0.15) is 0 Å². The quantitative estimate of drug-likeness (QED) is 0.834. The summed E-state index contributed by atoms with van der Waals surface area (Å²) in [5, 5.41) is 0. The number of likely N-dealkylation sites (tertiary alicyclic amines) is 1. The molecular weight excluding hydrogens is 294 g/mol. The van der Waals surface area contributed by atoms with Crippen molar-refractivity contribution in [3.05, 3.63) is 28.2 Å². The van der Waals surface area contributed by atoms with Gasteiger partial charge in [-0.25, -0.2) is 0 Å². The predicted molar refractivity (Wildman–Crippen MR) is 76.0 cm³/mol. The summed E-state index contributed by atoms with van der Waals surface area (Å²) in [6, 6.07) is 6.17. The highest BCUT2D eigenvalue weighted by Gasteiger charge is 2.23. The first-order valence-corrected chi connectivity index (χ1v) is 7.06. The summed E-state index contributed by atoms with van der Waals surface area (Å²) >= 11 is 3.52. The SMILES string of the molecule is COCC1CCN(Cc2cc(Br)ccc2OC)C1. The summed E-state index contributed by atoms with van der Waals surface area (Å²) in [6.07, 6.45) is 1.23. The molecule has 0 saturated carbocycles. The molecule has 1 aromatic carbocycles. The maximum absolute atomic E-state index is 5.41. The Bertz CT molecular complexity index is 397.